The Bertz CT molecular complexity index is 651. The van der Waals surface area contributed by atoms with Gasteiger partial charge in [-0.2, -0.15) is 5.10 Å². The van der Waals surface area contributed by atoms with E-state index in [1.165, 1.54) is 16.8 Å². The van der Waals surface area contributed by atoms with Crippen molar-refractivity contribution in [3.8, 4) is 0 Å². The molecule has 1 heterocycles. The average Bonchev–Trinajstić information content (AvgIpc) is 2.61. The minimum Gasteiger partial charge on any atom is -0.368 e. The quantitative estimate of drug-likeness (QED) is 0.800. The molecule has 0 saturated carbocycles. The van der Waals surface area contributed by atoms with Crippen LogP contribution in [0.2, 0.25) is 0 Å². The lowest BCUT2D eigenvalue weighted by Crippen LogP contribution is -2.44. The highest BCUT2D eigenvalue weighted by atomic mass is 15.5. The molecule has 0 spiro atoms. The summed E-state index contributed by atoms with van der Waals surface area (Å²) in [7, 11) is 0. The second kappa shape index (κ2) is 7.63. The van der Waals surface area contributed by atoms with Gasteiger partial charge in [-0.3, -0.25) is 5.01 Å². The molecule has 1 aliphatic heterocycles. The fourth-order valence-electron chi connectivity index (χ4n) is 2.68. The van der Waals surface area contributed by atoms with Gasteiger partial charge < -0.3 is 4.90 Å². The van der Waals surface area contributed by atoms with E-state index in [0.29, 0.717) is 0 Å². The number of anilines is 1. The molecule has 1 saturated heterocycles. The number of piperazine rings is 1. The third-order valence-corrected chi connectivity index (χ3v) is 4.06. The van der Waals surface area contributed by atoms with Gasteiger partial charge in [0.2, 0.25) is 0 Å². The van der Waals surface area contributed by atoms with Gasteiger partial charge in [-0.1, -0.05) is 54.1 Å². The van der Waals surface area contributed by atoms with Crippen molar-refractivity contribution in [2.75, 3.05) is 31.1 Å². The van der Waals surface area contributed by atoms with Gasteiger partial charge in [0.15, 0.2) is 0 Å². The molecule has 0 atom stereocenters. The smallest absolute Gasteiger partial charge is 0.0536 e. The van der Waals surface area contributed by atoms with Crippen molar-refractivity contribution in [3.63, 3.8) is 0 Å². The van der Waals surface area contributed by atoms with Gasteiger partial charge >= 0.3 is 0 Å². The molecule has 2 aromatic carbocycles. The molecule has 0 amide bonds. The molecule has 0 N–H and O–H groups in total. The minimum absolute atomic E-state index is 0.962. The number of hydrogen-bond acceptors (Lipinski definition) is 3. The molecule has 0 bridgehead atoms. The zero-order chi connectivity index (χ0) is 15.9. The van der Waals surface area contributed by atoms with Crippen LogP contribution < -0.4 is 4.90 Å². The van der Waals surface area contributed by atoms with Crippen molar-refractivity contribution in [2.45, 2.75) is 6.92 Å². The number of rotatable bonds is 4. The first-order valence-corrected chi connectivity index (χ1v) is 8.13. The Kier molecular flexibility index (Phi) is 5.09. The lowest BCUT2D eigenvalue weighted by Gasteiger charge is -2.34. The number of aryl methyl sites for hydroxylation is 1. The standard InChI is InChI=1S/C20H23N3/c1-18-9-11-20(12-10-18)22-14-16-23(17-15-22)21-13-5-8-19-6-3-2-4-7-19/h2-13H,14-17H2,1H3/b8-5+,21-13-. The lowest BCUT2D eigenvalue weighted by atomic mass is 10.2. The molecule has 0 unspecified atom stereocenters. The van der Waals surface area contributed by atoms with E-state index in [1.807, 2.05) is 30.5 Å². The Morgan fingerprint density at radius 1 is 0.870 bits per heavy atom. The highest BCUT2D eigenvalue weighted by molar-refractivity contribution is 5.77. The van der Waals surface area contributed by atoms with E-state index in [1.54, 1.807) is 0 Å². The highest BCUT2D eigenvalue weighted by Crippen LogP contribution is 2.17. The van der Waals surface area contributed by atoms with Crippen LogP contribution in [0.3, 0.4) is 0 Å². The second-order valence-electron chi connectivity index (χ2n) is 5.81. The Hall–Kier alpha value is -2.55. The van der Waals surface area contributed by atoms with Crippen LogP contribution in [0, 0.1) is 6.92 Å². The third kappa shape index (κ3) is 4.46. The van der Waals surface area contributed by atoms with Crippen LogP contribution in [0.5, 0.6) is 0 Å². The second-order valence-corrected chi connectivity index (χ2v) is 5.81. The van der Waals surface area contributed by atoms with Crippen LogP contribution in [0.1, 0.15) is 11.1 Å². The molecule has 118 valence electrons. The van der Waals surface area contributed by atoms with Gasteiger partial charge in [0.05, 0.1) is 13.1 Å². The lowest BCUT2D eigenvalue weighted by molar-refractivity contribution is 0.272. The Balaban J connectivity index is 1.48. The molecule has 3 nitrogen and oxygen atoms in total. The summed E-state index contributed by atoms with van der Waals surface area (Å²) in [6.07, 6.45) is 5.96. The van der Waals surface area contributed by atoms with Gasteiger partial charge in [0.25, 0.3) is 0 Å². The first-order valence-electron chi connectivity index (χ1n) is 8.13. The first-order chi connectivity index (χ1) is 11.3. The maximum atomic E-state index is 4.54. The van der Waals surface area contributed by atoms with Crippen LogP contribution in [0.4, 0.5) is 5.69 Å². The molecule has 0 aliphatic carbocycles. The maximum Gasteiger partial charge on any atom is 0.0536 e. The first kappa shape index (κ1) is 15.3. The summed E-state index contributed by atoms with van der Waals surface area (Å²) >= 11 is 0. The Morgan fingerprint density at radius 3 is 2.26 bits per heavy atom. The van der Waals surface area contributed by atoms with E-state index in [0.717, 1.165) is 26.2 Å². The highest BCUT2D eigenvalue weighted by Gasteiger charge is 2.15. The van der Waals surface area contributed by atoms with E-state index in [9.17, 15) is 0 Å². The molecule has 1 aliphatic rings. The number of allylic oxidation sites excluding steroid dienone is 1. The molecule has 1 fully saturated rings. The van der Waals surface area contributed by atoms with Gasteiger partial charge in [0.1, 0.15) is 0 Å². The normalized spacial score (nSPS) is 15.7. The van der Waals surface area contributed by atoms with Crippen molar-refractivity contribution in [1.29, 1.82) is 0 Å². The largest absolute Gasteiger partial charge is 0.368 e. The average molecular weight is 305 g/mol. The minimum atomic E-state index is 0.962. The number of hydrogen-bond donors (Lipinski definition) is 0. The van der Waals surface area contributed by atoms with Crippen LogP contribution in [-0.2, 0) is 0 Å². The van der Waals surface area contributed by atoms with Crippen LogP contribution >= 0.6 is 0 Å². The predicted molar refractivity (Wildman–Crippen MR) is 98.9 cm³/mol. The molecular weight excluding hydrogens is 282 g/mol. The predicted octanol–water partition coefficient (Wildman–Crippen LogP) is 3.82. The van der Waals surface area contributed by atoms with Crippen LogP contribution in [0.15, 0.2) is 65.8 Å². The zero-order valence-electron chi connectivity index (χ0n) is 13.6. The van der Waals surface area contributed by atoms with Crippen LogP contribution in [-0.4, -0.2) is 37.4 Å². The van der Waals surface area contributed by atoms with Gasteiger partial charge in [-0.25, -0.2) is 0 Å². The van der Waals surface area contributed by atoms with E-state index in [4.69, 9.17) is 0 Å². The third-order valence-electron chi connectivity index (χ3n) is 4.06. The van der Waals surface area contributed by atoms with Crippen LogP contribution in [0.25, 0.3) is 6.08 Å². The maximum absolute atomic E-state index is 4.54. The van der Waals surface area contributed by atoms with Crippen molar-refractivity contribution in [2.24, 2.45) is 5.10 Å². The van der Waals surface area contributed by atoms with Gasteiger partial charge in [-0.05, 0) is 30.7 Å². The SMILES string of the molecule is Cc1ccc(N2CCN(/N=C\C=C\c3ccccc3)CC2)cc1. The molecular formula is C20H23N3. The summed E-state index contributed by atoms with van der Waals surface area (Å²) in [5, 5.41) is 6.67. The zero-order valence-corrected chi connectivity index (χ0v) is 13.6. The van der Waals surface area contributed by atoms with E-state index in [-0.39, 0.29) is 0 Å². The summed E-state index contributed by atoms with van der Waals surface area (Å²) in [6, 6.07) is 19.0. The van der Waals surface area contributed by atoms with E-state index in [2.05, 4.69) is 64.4 Å². The fourth-order valence-corrected chi connectivity index (χ4v) is 2.68. The summed E-state index contributed by atoms with van der Waals surface area (Å²) in [5.41, 5.74) is 3.81. The summed E-state index contributed by atoms with van der Waals surface area (Å²) in [5.74, 6) is 0. The van der Waals surface area contributed by atoms with Crippen molar-refractivity contribution < 1.29 is 0 Å². The summed E-state index contributed by atoms with van der Waals surface area (Å²) in [4.78, 5) is 2.42. The van der Waals surface area contributed by atoms with Crippen molar-refractivity contribution in [3.05, 3.63) is 71.8 Å². The van der Waals surface area contributed by atoms with E-state index < -0.39 is 0 Å². The topological polar surface area (TPSA) is 18.8 Å². The van der Waals surface area contributed by atoms with Crippen molar-refractivity contribution >= 4 is 18.0 Å². The monoisotopic (exact) mass is 305 g/mol. The van der Waals surface area contributed by atoms with Crippen molar-refractivity contribution in [1.82, 2.24) is 5.01 Å². The summed E-state index contributed by atoms with van der Waals surface area (Å²) < 4.78 is 0. The molecule has 3 heteroatoms. The number of hydrazone groups is 1. The molecule has 23 heavy (non-hydrogen) atoms. The molecule has 3 rings (SSSR count). The van der Waals surface area contributed by atoms with Gasteiger partial charge in [-0.15, -0.1) is 0 Å². The molecule has 0 radical (unpaired) electrons. The fraction of sp³-hybridized carbons (Fsp3) is 0.250. The molecule has 2 aromatic rings. The van der Waals surface area contributed by atoms with Gasteiger partial charge in [0, 0.05) is 25.0 Å². The van der Waals surface area contributed by atoms with E-state index >= 15 is 0 Å². The summed E-state index contributed by atoms with van der Waals surface area (Å²) in [6.45, 7) is 6.08. The Morgan fingerprint density at radius 2 is 1.57 bits per heavy atom. The Labute approximate surface area is 138 Å². The number of nitrogens with zero attached hydrogens (tertiary/aromatic N) is 3. The number of benzene rings is 2. The molecule has 0 aromatic heterocycles.